The van der Waals surface area contributed by atoms with Gasteiger partial charge in [0, 0.05) is 25.1 Å². The van der Waals surface area contributed by atoms with E-state index in [-0.39, 0.29) is 47.8 Å². The lowest BCUT2D eigenvalue weighted by molar-refractivity contribution is -0.123. The molecule has 1 amide bonds. The number of rotatable bonds is 6. The number of anilines is 1. The summed E-state index contributed by atoms with van der Waals surface area (Å²) in [6.45, 7) is -0.214. The first kappa shape index (κ1) is 25.4. The van der Waals surface area contributed by atoms with E-state index < -0.39 is 50.0 Å². The summed E-state index contributed by atoms with van der Waals surface area (Å²) in [6.07, 6.45) is 1.65. The van der Waals surface area contributed by atoms with Gasteiger partial charge in [0.25, 0.3) is 0 Å². The van der Waals surface area contributed by atoms with Gasteiger partial charge in [-0.1, -0.05) is 11.3 Å². The minimum Gasteiger partial charge on any atom is -0.467 e. The Labute approximate surface area is 213 Å². The number of nitrogens with zero attached hydrogens (tertiary/aromatic N) is 3. The van der Waals surface area contributed by atoms with Crippen molar-refractivity contribution in [1.82, 2.24) is 9.29 Å². The Morgan fingerprint density at radius 1 is 1.05 bits per heavy atom. The zero-order chi connectivity index (χ0) is 26.3. The number of amides is 1. The first-order valence-electron chi connectivity index (χ1n) is 11.2. The van der Waals surface area contributed by atoms with Crippen molar-refractivity contribution < 1.29 is 35.2 Å². The molecule has 1 saturated heterocycles. The molecule has 2 aromatic carbocycles. The second-order valence-electron chi connectivity index (χ2n) is 8.49. The molecule has 2 aromatic heterocycles. The molecule has 37 heavy (non-hydrogen) atoms. The van der Waals surface area contributed by atoms with Gasteiger partial charge in [0.15, 0.2) is 10.9 Å². The van der Waals surface area contributed by atoms with Gasteiger partial charge < -0.3 is 4.42 Å². The Kier molecular flexibility index (Phi) is 6.77. The minimum atomic E-state index is -4.31. The number of carbonyl (C=O) groups is 1. The maximum Gasteiger partial charge on any atom is 0.246 e. The highest BCUT2D eigenvalue weighted by molar-refractivity contribution is 7.89. The monoisotopic (exact) mass is 553 g/mol. The summed E-state index contributed by atoms with van der Waals surface area (Å²) in [5.41, 5.74) is -0.0725. The quantitative estimate of drug-likeness (QED) is 0.311. The molecule has 0 saturated carbocycles. The molecule has 5 rings (SSSR count). The normalized spacial score (nSPS) is 15.4. The van der Waals surface area contributed by atoms with Crippen molar-refractivity contribution >= 4 is 42.6 Å². The number of thiazole rings is 1. The molecule has 194 valence electrons. The number of fused-ring (bicyclic) bond motifs is 1. The van der Waals surface area contributed by atoms with Crippen LogP contribution < -0.4 is 4.90 Å². The molecule has 1 aliphatic heterocycles. The lowest BCUT2D eigenvalue weighted by atomic mass is 9.96. The molecule has 1 fully saturated rings. The van der Waals surface area contributed by atoms with Gasteiger partial charge in [-0.05, 0) is 49.2 Å². The van der Waals surface area contributed by atoms with Gasteiger partial charge in [0.1, 0.15) is 33.6 Å². The maximum absolute atomic E-state index is 14.3. The lowest BCUT2D eigenvalue weighted by Gasteiger charge is -2.32. The van der Waals surface area contributed by atoms with Crippen LogP contribution in [0, 0.1) is 29.2 Å². The van der Waals surface area contributed by atoms with Crippen LogP contribution in [0.3, 0.4) is 0 Å². The zero-order valence-corrected chi connectivity index (χ0v) is 20.7. The number of piperidine rings is 1. The van der Waals surface area contributed by atoms with Crippen LogP contribution in [0.1, 0.15) is 18.6 Å². The summed E-state index contributed by atoms with van der Waals surface area (Å²) in [5.74, 6) is -4.17. The molecule has 3 heterocycles. The predicted molar refractivity (Wildman–Crippen MR) is 127 cm³/mol. The van der Waals surface area contributed by atoms with Gasteiger partial charge in [-0.15, -0.1) is 0 Å². The Hall–Kier alpha value is -3.29. The number of sulfonamides is 1. The fourth-order valence-corrected chi connectivity index (χ4v) is 6.79. The summed E-state index contributed by atoms with van der Waals surface area (Å²) in [7, 11) is -4.31. The maximum atomic E-state index is 14.3. The third-order valence-electron chi connectivity index (χ3n) is 6.11. The molecular weight excluding hydrogens is 534 g/mol. The largest absolute Gasteiger partial charge is 0.467 e. The number of hydrogen-bond acceptors (Lipinski definition) is 6. The highest BCUT2D eigenvalue weighted by Crippen LogP contribution is 2.34. The van der Waals surface area contributed by atoms with Crippen molar-refractivity contribution in [2.45, 2.75) is 24.3 Å². The van der Waals surface area contributed by atoms with Crippen molar-refractivity contribution in [2.24, 2.45) is 5.92 Å². The highest BCUT2D eigenvalue weighted by atomic mass is 32.2. The standard InChI is InChI=1S/C24H19F4N3O4S2/c25-15-3-4-18(27)21(12-15)37(33,34)30-7-5-14(6-8-30)23(32)31(13-17-2-1-9-35-17)24-29-22-19(28)10-16(26)11-20(22)36-24/h1-4,9-12,14H,5-8,13H2. The van der Waals surface area contributed by atoms with E-state index >= 15 is 0 Å². The molecule has 0 atom stereocenters. The Balaban J connectivity index is 1.39. The number of halogens is 4. The van der Waals surface area contributed by atoms with Crippen LogP contribution in [0.15, 0.2) is 58.0 Å². The van der Waals surface area contributed by atoms with Crippen molar-refractivity contribution in [3.8, 4) is 0 Å². The molecular formula is C24H19F4N3O4S2. The minimum absolute atomic E-state index is 0.0250. The summed E-state index contributed by atoms with van der Waals surface area (Å²) >= 11 is 0.942. The van der Waals surface area contributed by atoms with E-state index in [1.165, 1.54) is 11.2 Å². The lowest BCUT2D eigenvalue weighted by Crippen LogP contribution is -2.44. The molecule has 7 nitrogen and oxygen atoms in total. The first-order valence-corrected chi connectivity index (χ1v) is 13.4. The first-order chi connectivity index (χ1) is 17.6. The van der Waals surface area contributed by atoms with Crippen LogP contribution in [0.25, 0.3) is 10.2 Å². The van der Waals surface area contributed by atoms with Gasteiger partial charge in [-0.3, -0.25) is 9.69 Å². The van der Waals surface area contributed by atoms with E-state index in [4.69, 9.17) is 4.42 Å². The highest BCUT2D eigenvalue weighted by Gasteiger charge is 2.36. The van der Waals surface area contributed by atoms with Crippen LogP contribution in [-0.2, 0) is 21.4 Å². The van der Waals surface area contributed by atoms with Gasteiger partial charge >= 0.3 is 0 Å². The molecule has 4 aromatic rings. The van der Waals surface area contributed by atoms with E-state index in [1.54, 1.807) is 12.1 Å². The molecule has 0 radical (unpaired) electrons. The van der Waals surface area contributed by atoms with E-state index in [1.807, 2.05) is 0 Å². The average Bonchev–Trinajstić information content (AvgIpc) is 3.53. The Morgan fingerprint density at radius 2 is 1.81 bits per heavy atom. The van der Waals surface area contributed by atoms with Crippen molar-refractivity contribution in [3.05, 3.63) is 77.8 Å². The molecule has 1 aliphatic rings. The molecule has 13 heteroatoms. The number of furan rings is 1. The third kappa shape index (κ3) is 4.98. The third-order valence-corrected chi connectivity index (χ3v) is 9.05. The average molecular weight is 554 g/mol. The number of hydrogen-bond donors (Lipinski definition) is 0. The van der Waals surface area contributed by atoms with Gasteiger partial charge in [0.2, 0.25) is 15.9 Å². The van der Waals surface area contributed by atoms with Crippen LogP contribution >= 0.6 is 11.3 Å². The van der Waals surface area contributed by atoms with E-state index in [2.05, 4.69) is 4.98 Å². The van der Waals surface area contributed by atoms with E-state index in [0.29, 0.717) is 17.9 Å². The SMILES string of the molecule is O=C(C1CCN(S(=O)(=O)c2cc(F)ccc2F)CC1)N(Cc1ccco1)c1nc2c(F)cc(F)cc2s1. The van der Waals surface area contributed by atoms with Crippen molar-refractivity contribution in [1.29, 1.82) is 0 Å². The zero-order valence-electron chi connectivity index (χ0n) is 19.0. The summed E-state index contributed by atoms with van der Waals surface area (Å²) in [4.78, 5) is 18.3. The molecule has 0 unspecified atom stereocenters. The van der Waals surface area contributed by atoms with Crippen LogP contribution in [-0.4, -0.2) is 36.7 Å². The summed E-state index contributed by atoms with van der Waals surface area (Å²) < 4.78 is 88.1. The van der Waals surface area contributed by atoms with Gasteiger partial charge in [-0.2, -0.15) is 4.31 Å². The van der Waals surface area contributed by atoms with Crippen LogP contribution in [0.2, 0.25) is 0 Å². The molecule has 0 spiro atoms. The van der Waals surface area contributed by atoms with Gasteiger partial charge in [-0.25, -0.2) is 31.0 Å². The summed E-state index contributed by atoms with van der Waals surface area (Å²) in [5, 5.41) is 0.137. The second kappa shape index (κ2) is 9.88. The van der Waals surface area contributed by atoms with Gasteiger partial charge in [0.05, 0.1) is 17.5 Å². The number of benzene rings is 2. The predicted octanol–water partition coefficient (Wildman–Crippen LogP) is 5.08. The number of aromatic nitrogens is 1. The smallest absolute Gasteiger partial charge is 0.246 e. The molecule has 0 N–H and O–H groups in total. The molecule has 0 bridgehead atoms. The second-order valence-corrected chi connectivity index (χ2v) is 11.4. The van der Waals surface area contributed by atoms with Crippen molar-refractivity contribution in [2.75, 3.05) is 18.0 Å². The fourth-order valence-electron chi connectivity index (χ4n) is 4.24. The Morgan fingerprint density at radius 3 is 2.51 bits per heavy atom. The van der Waals surface area contributed by atoms with E-state index in [0.717, 1.165) is 33.8 Å². The van der Waals surface area contributed by atoms with Crippen molar-refractivity contribution in [3.63, 3.8) is 0 Å². The number of carbonyl (C=O) groups excluding carboxylic acids is 1. The summed E-state index contributed by atoms with van der Waals surface area (Å²) in [6, 6.07) is 7.33. The fraction of sp³-hybridized carbons (Fsp3) is 0.250. The van der Waals surface area contributed by atoms with Crippen LogP contribution in [0.5, 0.6) is 0 Å². The Bertz CT molecular complexity index is 1570. The topological polar surface area (TPSA) is 83.7 Å². The molecule has 0 aliphatic carbocycles. The van der Waals surface area contributed by atoms with E-state index in [9.17, 15) is 30.8 Å². The van der Waals surface area contributed by atoms with Crippen LogP contribution in [0.4, 0.5) is 22.7 Å².